The smallest absolute Gasteiger partial charge is 0.253 e. The zero-order valence-electron chi connectivity index (χ0n) is 8.58. The number of hydrogen-bond donors (Lipinski definition) is 0. The van der Waals surface area contributed by atoms with Crippen molar-refractivity contribution in [1.82, 2.24) is 0 Å². The van der Waals surface area contributed by atoms with E-state index in [-0.39, 0.29) is 16.7 Å². The van der Waals surface area contributed by atoms with Gasteiger partial charge in [-0.1, -0.05) is 18.2 Å². The second kappa shape index (κ2) is 4.63. The van der Waals surface area contributed by atoms with Crippen LogP contribution in [0.25, 0.3) is 11.1 Å². The Kier molecular flexibility index (Phi) is 3.20. The molecule has 0 heterocycles. The van der Waals surface area contributed by atoms with Gasteiger partial charge < -0.3 is 0 Å². The first kappa shape index (κ1) is 11.7. The summed E-state index contributed by atoms with van der Waals surface area (Å²) in [6.07, 6.45) is 0. The van der Waals surface area contributed by atoms with Gasteiger partial charge in [0.25, 0.3) is 5.24 Å². The third kappa shape index (κ3) is 2.34. The monoisotopic (exact) mass is 252 g/mol. The van der Waals surface area contributed by atoms with Crippen molar-refractivity contribution in [3.05, 3.63) is 59.7 Å². The molecule has 0 saturated carbocycles. The molecule has 0 atom stereocenters. The first-order valence-electron chi connectivity index (χ1n) is 4.84. The fraction of sp³-hybridized carbons (Fsp3) is 0. The van der Waals surface area contributed by atoms with Gasteiger partial charge in [-0.2, -0.15) is 0 Å². The van der Waals surface area contributed by atoms with E-state index in [2.05, 4.69) is 0 Å². The second-order valence-electron chi connectivity index (χ2n) is 3.44. The molecule has 0 aliphatic heterocycles. The number of rotatable bonds is 2. The SMILES string of the molecule is O=C(Cl)c1ccc(F)cc1-c1ccccc1F. The van der Waals surface area contributed by atoms with E-state index in [1.807, 2.05) is 0 Å². The maximum absolute atomic E-state index is 13.6. The van der Waals surface area contributed by atoms with Gasteiger partial charge in [0.05, 0.1) is 0 Å². The minimum atomic E-state index is -0.747. The molecule has 0 bridgehead atoms. The van der Waals surface area contributed by atoms with Gasteiger partial charge in [-0.3, -0.25) is 4.79 Å². The van der Waals surface area contributed by atoms with E-state index < -0.39 is 16.9 Å². The quantitative estimate of drug-likeness (QED) is 0.738. The van der Waals surface area contributed by atoms with Crippen LogP contribution >= 0.6 is 11.6 Å². The molecule has 0 unspecified atom stereocenters. The van der Waals surface area contributed by atoms with Crippen molar-refractivity contribution in [2.24, 2.45) is 0 Å². The highest BCUT2D eigenvalue weighted by Crippen LogP contribution is 2.28. The van der Waals surface area contributed by atoms with E-state index in [0.717, 1.165) is 12.1 Å². The number of carbonyl (C=O) groups is 1. The Hall–Kier alpha value is -1.74. The van der Waals surface area contributed by atoms with Crippen LogP contribution in [0, 0.1) is 11.6 Å². The molecule has 4 heteroatoms. The molecule has 0 spiro atoms. The molecule has 0 aliphatic rings. The second-order valence-corrected chi connectivity index (χ2v) is 3.79. The standard InChI is InChI=1S/C13H7ClF2O/c14-13(17)10-6-5-8(15)7-11(10)9-3-1-2-4-12(9)16/h1-7H. The van der Waals surface area contributed by atoms with Crippen molar-refractivity contribution < 1.29 is 13.6 Å². The average Bonchev–Trinajstić information content (AvgIpc) is 2.29. The van der Waals surface area contributed by atoms with E-state index in [4.69, 9.17) is 11.6 Å². The van der Waals surface area contributed by atoms with E-state index in [1.54, 1.807) is 6.07 Å². The summed E-state index contributed by atoms with van der Waals surface area (Å²) in [4.78, 5) is 11.2. The Morgan fingerprint density at radius 2 is 1.71 bits per heavy atom. The van der Waals surface area contributed by atoms with E-state index in [0.29, 0.717) is 0 Å². The minimum absolute atomic E-state index is 0.0816. The summed E-state index contributed by atoms with van der Waals surface area (Å²) in [6.45, 7) is 0. The Balaban J connectivity index is 2.70. The lowest BCUT2D eigenvalue weighted by Gasteiger charge is -2.07. The molecule has 0 aliphatic carbocycles. The van der Waals surface area contributed by atoms with E-state index >= 15 is 0 Å². The summed E-state index contributed by atoms with van der Waals surface area (Å²) in [7, 11) is 0. The Bertz CT molecular complexity index is 581. The largest absolute Gasteiger partial charge is 0.276 e. The minimum Gasteiger partial charge on any atom is -0.276 e. The highest BCUT2D eigenvalue weighted by Gasteiger charge is 2.14. The summed E-state index contributed by atoms with van der Waals surface area (Å²) in [5.41, 5.74) is 0.386. The average molecular weight is 253 g/mol. The molecule has 0 radical (unpaired) electrons. The molecule has 2 aromatic carbocycles. The molecule has 1 nitrogen and oxygen atoms in total. The van der Waals surface area contributed by atoms with Crippen LogP contribution in [0.3, 0.4) is 0 Å². The maximum Gasteiger partial charge on any atom is 0.253 e. The van der Waals surface area contributed by atoms with Gasteiger partial charge in [-0.15, -0.1) is 0 Å². The summed E-state index contributed by atoms with van der Waals surface area (Å²) in [5, 5.41) is -0.747. The van der Waals surface area contributed by atoms with Gasteiger partial charge in [0, 0.05) is 11.1 Å². The predicted octanol–water partition coefficient (Wildman–Crippen LogP) is 4.01. The van der Waals surface area contributed by atoms with Crippen LogP contribution in [-0.4, -0.2) is 5.24 Å². The molecule has 2 aromatic rings. The molecular formula is C13H7ClF2O. The fourth-order valence-electron chi connectivity index (χ4n) is 1.59. The summed E-state index contributed by atoms with van der Waals surface area (Å²) < 4.78 is 26.7. The molecule has 17 heavy (non-hydrogen) atoms. The van der Waals surface area contributed by atoms with Crippen LogP contribution in [0.15, 0.2) is 42.5 Å². The van der Waals surface area contributed by atoms with Crippen LogP contribution in [0.4, 0.5) is 8.78 Å². The number of hydrogen-bond acceptors (Lipinski definition) is 1. The highest BCUT2D eigenvalue weighted by atomic mass is 35.5. The van der Waals surface area contributed by atoms with Crippen molar-refractivity contribution in [1.29, 1.82) is 0 Å². The summed E-state index contributed by atoms with van der Waals surface area (Å²) in [6, 6.07) is 9.27. The molecule has 0 N–H and O–H groups in total. The molecule has 2 rings (SSSR count). The zero-order chi connectivity index (χ0) is 12.4. The summed E-state index contributed by atoms with van der Waals surface area (Å²) in [5.74, 6) is -1.08. The third-order valence-corrected chi connectivity index (χ3v) is 2.56. The van der Waals surface area contributed by atoms with Crippen LogP contribution in [0.5, 0.6) is 0 Å². The van der Waals surface area contributed by atoms with Crippen molar-refractivity contribution >= 4 is 16.8 Å². The number of halogens is 3. The van der Waals surface area contributed by atoms with Gasteiger partial charge in [0.15, 0.2) is 0 Å². The molecular weight excluding hydrogens is 246 g/mol. The molecule has 0 fully saturated rings. The van der Waals surface area contributed by atoms with Crippen LogP contribution < -0.4 is 0 Å². The van der Waals surface area contributed by atoms with Crippen LogP contribution in [0.1, 0.15) is 10.4 Å². The lowest BCUT2D eigenvalue weighted by atomic mass is 10.00. The first-order chi connectivity index (χ1) is 8.09. The molecule has 0 amide bonds. The summed E-state index contributed by atoms with van der Waals surface area (Å²) >= 11 is 5.38. The Morgan fingerprint density at radius 1 is 1.00 bits per heavy atom. The molecule has 0 saturated heterocycles. The topological polar surface area (TPSA) is 17.1 Å². The molecule has 86 valence electrons. The number of carbonyl (C=O) groups excluding carboxylic acids is 1. The number of benzene rings is 2. The van der Waals surface area contributed by atoms with E-state index in [1.165, 1.54) is 24.3 Å². The normalized spacial score (nSPS) is 10.3. The van der Waals surface area contributed by atoms with Gasteiger partial charge >= 0.3 is 0 Å². The van der Waals surface area contributed by atoms with Gasteiger partial charge in [-0.25, -0.2) is 8.78 Å². The Labute approximate surface area is 102 Å². The van der Waals surface area contributed by atoms with Crippen molar-refractivity contribution in [3.63, 3.8) is 0 Å². The van der Waals surface area contributed by atoms with Gasteiger partial charge in [0.1, 0.15) is 11.6 Å². The fourth-order valence-corrected chi connectivity index (χ4v) is 1.76. The lowest BCUT2D eigenvalue weighted by molar-refractivity contribution is 0.108. The van der Waals surface area contributed by atoms with Gasteiger partial charge in [0.2, 0.25) is 0 Å². The van der Waals surface area contributed by atoms with E-state index in [9.17, 15) is 13.6 Å². The van der Waals surface area contributed by atoms with Crippen molar-refractivity contribution in [2.45, 2.75) is 0 Å². The van der Waals surface area contributed by atoms with Crippen molar-refractivity contribution in [2.75, 3.05) is 0 Å². The van der Waals surface area contributed by atoms with Crippen LogP contribution in [-0.2, 0) is 0 Å². The zero-order valence-corrected chi connectivity index (χ0v) is 9.34. The lowest BCUT2D eigenvalue weighted by Crippen LogP contribution is -1.96. The molecule has 0 aromatic heterocycles. The maximum atomic E-state index is 13.6. The first-order valence-corrected chi connectivity index (χ1v) is 5.21. The third-order valence-electron chi connectivity index (χ3n) is 2.36. The van der Waals surface area contributed by atoms with Crippen molar-refractivity contribution in [3.8, 4) is 11.1 Å². The highest BCUT2D eigenvalue weighted by molar-refractivity contribution is 6.68. The Morgan fingerprint density at radius 3 is 2.35 bits per heavy atom. The van der Waals surface area contributed by atoms with Gasteiger partial charge in [-0.05, 0) is 41.4 Å². The predicted molar refractivity (Wildman–Crippen MR) is 62.0 cm³/mol. The van der Waals surface area contributed by atoms with Crippen LogP contribution in [0.2, 0.25) is 0 Å².